The topological polar surface area (TPSA) is 0 Å². The van der Waals surface area contributed by atoms with Crippen LogP contribution in [0.1, 0.15) is 33.1 Å². The van der Waals surface area contributed by atoms with E-state index in [4.69, 9.17) is 0 Å². The van der Waals surface area contributed by atoms with Crippen molar-refractivity contribution in [2.45, 2.75) is 33.1 Å². The summed E-state index contributed by atoms with van der Waals surface area (Å²) in [5.41, 5.74) is 0. The lowest BCUT2D eigenvalue weighted by atomic mass is 9.90. The van der Waals surface area contributed by atoms with E-state index in [1.165, 1.54) is 19.3 Å². The van der Waals surface area contributed by atoms with Gasteiger partial charge in [-0.1, -0.05) is 13.8 Å². The fourth-order valence-corrected chi connectivity index (χ4v) is 3.07. The Balaban J connectivity index is 2.16. The summed E-state index contributed by atoms with van der Waals surface area (Å²) in [6.07, 6.45) is 4.61. The highest BCUT2D eigenvalue weighted by Gasteiger charge is 2.42. The normalized spacial score (nSPS) is 56.7. The first-order valence-electron chi connectivity index (χ1n) is 4.29. The van der Waals surface area contributed by atoms with Crippen LogP contribution in [0.3, 0.4) is 0 Å². The van der Waals surface area contributed by atoms with Gasteiger partial charge in [0.25, 0.3) is 0 Å². The molecule has 2 aliphatic carbocycles. The van der Waals surface area contributed by atoms with Crippen molar-refractivity contribution in [3.05, 3.63) is 0 Å². The van der Waals surface area contributed by atoms with E-state index in [9.17, 15) is 0 Å². The molecule has 52 valence electrons. The van der Waals surface area contributed by atoms with E-state index in [1.54, 1.807) is 0 Å². The Morgan fingerprint density at radius 2 is 1.89 bits per heavy atom. The lowest BCUT2D eigenvalue weighted by molar-refractivity contribution is 0.348. The van der Waals surface area contributed by atoms with Crippen molar-refractivity contribution >= 4 is 0 Å². The Morgan fingerprint density at radius 3 is 2.11 bits per heavy atom. The van der Waals surface area contributed by atoms with Crippen LogP contribution < -0.4 is 0 Å². The van der Waals surface area contributed by atoms with Gasteiger partial charge in [0.05, 0.1) is 0 Å². The second-order valence-corrected chi connectivity index (χ2v) is 4.07. The molecule has 2 fully saturated rings. The van der Waals surface area contributed by atoms with Crippen LogP contribution in [0.2, 0.25) is 0 Å². The summed E-state index contributed by atoms with van der Waals surface area (Å²) in [4.78, 5) is 0. The zero-order valence-electron chi connectivity index (χ0n) is 6.43. The van der Waals surface area contributed by atoms with Gasteiger partial charge in [-0.05, 0) is 42.9 Å². The molecule has 2 bridgehead atoms. The van der Waals surface area contributed by atoms with E-state index < -0.39 is 0 Å². The zero-order valence-corrected chi connectivity index (χ0v) is 6.43. The molecule has 0 aliphatic heterocycles. The Hall–Kier alpha value is 0. The maximum absolute atomic E-state index is 2.45. The average molecular weight is 124 g/mol. The fraction of sp³-hybridized carbons (Fsp3) is 1.00. The van der Waals surface area contributed by atoms with Gasteiger partial charge in [-0.25, -0.2) is 0 Å². The van der Waals surface area contributed by atoms with Gasteiger partial charge in [-0.2, -0.15) is 0 Å². The van der Waals surface area contributed by atoms with Gasteiger partial charge in [0.15, 0.2) is 0 Å². The van der Waals surface area contributed by atoms with E-state index in [0.29, 0.717) is 0 Å². The van der Waals surface area contributed by atoms with Gasteiger partial charge in [0.1, 0.15) is 0 Å². The van der Waals surface area contributed by atoms with Crippen LogP contribution in [0.4, 0.5) is 0 Å². The number of hydrogen-bond donors (Lipinski definition) is 0. The molecule has 0 amide bonds. The molecule has 0 heteroatoms. The summed E-state index contributed by atoms with van der Waals surface area (Å²) < 4.78 is 0. The molecule has 0 aromatic heterocycles. The average Bonchev–Trinajstić information content (AvgIpc) is 2.25. The van der Waals surface area contributed by atoms with E-state index in [1.807, 2.05) is 0 Å². The molecule has 2 rings (SSSR count). The number of rotatable bonds is 0. The molecule has 0 heterocycles. The molecule has 0 nitrogen and oxygen atoms in total. The van der Waals surface area contributed by atoms with Gasteiger partial charge < -0.3 is 0 Å². The highest BCUT2D eigenvalue weighted by molar-refractivity contribution is 4.92. The van der Waals surface area contributed by atoms with Gasteiger partial charge in [-0.3, -0.25) is 0 Å². The third-order valence-corrected chi connectivity index (χ3v) is 3.70. The van der Waals surface area contributed by atoms with Crippen LogP contribution in [-0.4, -0.2) is 0 Å². The van der Waals surface area contributed by atoms with Crippen molar-refractivity contribution in [1.29, 1.82) is 0 Å². The summed E-state index contributed by atoms with van der Waals surface area (Å²) in [7, 11) is 0. The third kappa shape index (κ3) is 0.653. The number of fused-ring (bicyclic) bond motifs is 2. The van der Waals surface area contributed by atoms with Crippen molar-refractivity contribution in [3.63, 3.8) is 0 Å². The van der Waals surface area contributed by atoms with Crippen molar-refractivity contribution in [2.75, 3.05) is 0 Å². The quantitative estimate of drug-likeness (QED) is 0.465. The van der Waals surface area contributed by atoms with E-state index in [2.05, 4.69) is 13.8 Å². The minimum Gasteiger partial charge on any atom is -0.0622 e. The minimum atomic E-state index is 1.05. The van der Waals surface area contributed by atoms with Crippen LogP contribution in [0.25, 0.3) is 0 Å². The molecule has 9 heavy (non-hydrogen) atoms. The van der Waals surface area contributed by atoms with Crippen LogP contribution in [0, 0.1) is 23.7 Å². The largest absolute Gasteiger partial charge is 0.0622 e. The van der Waals surface area contributed by atoms with E-state index >= 15 is 0 Å². The standard InChI is InChI=1S/C9H16/c1-6-5-8-3-4-9(6)7(8)2/h6-9H,3-5H2,1-2H3/t6-,7+,8?,9?/m0/s1. The van der Waals surface area contributed by atoms with Gasteiger partial charge >= 0.3 is 0 Å². The SMILES string of the molecule is C[C@@H]1C2CCC1[C@@H](C)C2. The monoisotopic (exact) mass is 124 g/mol. The Morgan fingerprint density at radius 1 is 1.11 bits per heavy atom. The smallest absolute Gasteiger partial charge is 0.0360 e. The first kappa shape index (κ1) is 5.76. The molecule has 0 N–H and O–H groups in total. The molecule has 0 aromatic carbocycles. The van der Waals surface area contributed by atoms with Crippen molar-refractivity contribution in [1.82, 2.24) is 0 Å². The summed E-state index contributed by atoms with van der Waals surface area (Å²) in [6.45, 7) is 4.88. The van der Waals surface area contributed by atoms with E-state index in [-0.39, 0.29) is 0 Å². The van der Waals surface area contributed by atoms with Gasteiger partial charge in [0.2, 0.25) is 0 Å². The molecule has 0 aromatic rings. The lowest BCUT2D eigenvalue weighted by Gasteiger charge is -2.15. The molecule has 4 atom stereocenters. The molecular weight excluding hydrogens is 108 g/mol. The highest BCUT2D eigenvalue weighted by atomic mass is 14.5. The highest BCUT2D eigenvalue weighted by Crippen LogP contribution is 2.51. The molecular formula is C9H16. The predicted octanol–water partition coefficient (Wildman–Crippen LogP) is 2.69. The predicted molar refractivity (Wildman–Crippen MR) is 39.2 cm³/mol. The third-order valence-electron chi connectivity index (χ3n) is 3.70. The minimum absolute atomic E-state index is 1.05. The molecule has 2 unspecified atom stereocenters. The first-order chi connectivity index (χ1) is 4.29. The summed E-state index contributed by atoms with van der Waals surface area (Å²) in [5, 5.41) is 0. The van der Waals surface area contributed by atoms with Crippen LogP contribution in [0.5, 0.6) is 0 Å². The molecule has 2 aliphatic rings. The van der Waals surface area contributed by atoms with Crippen molar-refractivity contribution < 1.29 is 0 Å². The fourth-order valence-electron chi connectivity index (χ4n) is 3.07. The lowest BCUT2D eigenvalue weighted by Crippen LogP contribution is -2.06. The Bertz CT molecular complexity index is 117. The van der Waals surface area contributed by atoms with Gasteiger partial charge in [0, 0.05) is 0 Å². The van der Waals surface area contributed by atoms with Crippen LogP contribution in [0.15, 0.2) is 0 Å². The molecule has 0 radical (unpaired) electrons. The molecule has 2 saturated carbocycles. The maximum atomic E-state index is 2.45. The van der Waals surface area contributed by atoms with E-state index in [0.717, 1.165) is 23.7 Å². The summed E-state index contributed by atoms with van der Waals surface area (Å²) in [5.74, 6) is 4.35. The Kier molecular flexibility index (Phi) is 1.12. The van der Waals surface area contributed by atoms with Crippen molar-refractivity contribution in [2.24, 2.45) is 23.7 Å². The second-order valence-electron chi connectivity index (χ2n) is 4.07. The molecule has 0 spiro atoms. The first-order valence-corrected chi connectivity index (χ1v) is 4.29. The Labute approximate surface area is 57.6 Å². The summed E-state index contributed by atoms with van der Waals surface area (Å²) in [6, 6.07) is 0. The summed E-state index contributed by atoms with van der Waals surface area (Å²) >= 11 is 0. The van der Waals surface area contributed by atoms with Crippen LogP contribution in [-0.2, 0) is 0 Å². The zero-order chi connectivity index (χ0) is 6.43. The second kappa shape index (κ2) is 1.74. The molecule has 0 saturated heterocycles. The van der Waals surface area contributed by atoms with Crippen LogP contribution >= 0.6 is 0 Å². The van der Waals surface area contributed by atoms with Crippen molar-refractivity contribution in [3.8, 4) is 0 Å². The maximum Gasteiger partial charge on any atom is -0.0360 e. The number of hydrogen-bond acceptors (Lipinski definition) is 0. The van der Waals surface area contributed by atoms with Gasteiger partial charge in [-0.15, -0.1) is 0 Å².